The monoisotopic (exact) mass is 427 g/mol. The van der Waals surface area contributed by atoms with E-state index in [0.29, 0.717) is 24.0 Å². The van der Waals surface area contributed by atoms with Gasteiger partial charge in [0.15, 0.2) is 0 Å². The van der Waals surface area contributed by atoms with Crippen molar-refractivity contribution in [2.75, 3.05) is 5.75 Å². The third-order valence-corrected chi connectivity index (χ3v) is 8.98. The number of rotatable bonds is 7. The first-order valence-electron chi connectivity index (χ1n) is 10.5. The molecule has 0 aromatic heterocycles. The summed E-state index contributed by atoms with van der Waals surface area (Å²) >= 11 is 0. The number of nitrogens with one attached hydrogen (secondary N) is 1. The molecule has 160 valence electrons. The molecule has 4 rings (SSSR count). The molecule has 2 saturated carbocycles. The van der Waals surface area contributed by atoms with Crippen molar-refractivity contribution >= 4 is 15.8 Å². The molecule has 2 aliphatic carbocycles. The molecular weight excluding hydrogens is 398 g/mol. The summed E-state index contributed by atoms with van der Waals surface area (Å²) < 4.78 is 29.4. The smallest absolute Gasteiger partial charge is 0.213 e. The molecule has 5 nitrogen and oxygen atoms in total. The number of sulfonamides is 1. The van der Waals surface area contributed by atoms with E-state index in [0.717, 1.165) is 6.42 Å². The Morgan fingerprint density at radius 2 is 1.60 bits per heavy atom. The van der Waals surface area contributed by atoms with Crippen LogP contribution < -0.4 is 4.72 Å². The van der Waals surface area contributed by atoms with Gasteiger partial charge in [-0.05, 0) is 35.3 Å². The molecule has 2 aromatic carbocycles. The van der Waals surface area contributed by atoms with Crippen molar-refractivity contribution in [3.05, 3.63) is 71.8 Å². The molecule has 2 aromatic rings. The van der Waals surface area contributed by atoms with Crippen molar-refractivity contribution in [1.29, 1.82) is 0 Å². The highest BCUT2D eigenvalue weighted by Crippen LogP contribution is 2.64. The maximum Gasteiger partial charge on any atom is 0.213 e. The van der Waals surface area contributed by atoms with Crippen LogP contribution in [-0.2, 0) is 14.8 Å². The number of aliphatic hydroxyl groups excluding tert-OH is 1. The molecule has 2 bridgehead atoms. The summed E-state index contributed by atoms with van der Waals surface area (Å²) in [6.07, 6.45) is 0.923. The molecule has 0 amide bonds. The summed E-state index contributed by atoms with van der Waals surface area (Å²) in [7, 11) is -3.84. The van der Waals surface area contributed by atoms with Crippen LogP contribution in [0.2, 0.25) is 0 Å². The number of aliphatic hydroxyl groups is 1. The van der Waals surface area contributed by atoms with E-state index >= 15 is 0 Å². The first-order chi connectivity index (χ1) is 14.2. The van der Waals surface area contributed by atoms with Crippen LogP contribution in [0.5, 0.6) is 0 Å². The normalized spacial score (nSPS) is 27.2. The zero-order valence-electron chi connectivity index (χ0n) is 17.4. The van der Waals surface area contributed by atoms with E-state index in [1.807, 2.05) is 50.2 Å². The predicted octanol–water partition coefficient (Wildman–Crippen LogP) is 3.78. The molecular formula is C24H29NO4S. The minimum atomic E-state index is -3.84. The minimum Gasteiger partial charge on any atom is -0.386 e. The Kier molecular flexibility index (Phi) is 5.37. The molecule has 0 heterocycles. The highest BCUT2D eigenvalue weighted by molar-refractivity contribution is 7.89. The van der Waals surface area contributed by atoms with Gasteiger partial charge in [-0.25, -0.2) is 13.1 Å². The van der Waals surface area contributed by atoms with Crippen LogP contribution in [-0.4, -0.2) is 25.1 Å². The highest BCUT2D eigenvalue weighted by atomic mass is 32.2. The van der Waals surface area contributed by atoms with Gasteiger partial charge in [-0.1, -0.05) is 74.5 Å². The third kappa shape index (κ3) is 3.51. The summed E-state index contributed by atoms with van der Waals surface area (Å²) in [5, 5.41) is 11.0. The van der Waals surface area contributed by atoms with Gasteiger partial charge < -0.3 is 5.11 Å². The number of fused-ring (bicyclic) bond motifs is 2. The van der Waals surface area contributed by atoms with Crippen LogP contribution in [0, 0.1) is 16.7 Å². The number of benzene rings is 2. The van der Waals surface area contributed by atoms with Gasteiger partial charge in [0, 0.05) is 11.8 Å². The van der Waals surface area contributed by atoms with Crippen LogP contribution in [0.25, 0.3) is 0 Å². The lowest BCUT2D eigenvalue weighted by atomic mass is 9.70. The fourth-order valence-corrected chi connectivity index (χ4v) is 7.55. The average Bonchev–Trinajstić information content (AvgIpc) is 3.07. The zero-order valence-corrected chi connectivity index (χ0v) is 18.2. The van der Waals surface area contributed by atoms with Gasteiger partial charge in [0.2, 0.25) is 10.0 Å². The SMILES string of the molecule is CC1(C)[C@H]2CC[C@]1(CS(=O)(=O)N[C@H](c1ccccc1)[C@H](O)c1ccccc1)C(=O)C2. The summed E-state index contributed by atoms with van der Waals surface area (Å²) in [6.45, 7) is 4.05. The topological polar surface area (TPSA) is 83.5 Å². The maximum absolute atomic E-state index is 13.3. The number of hydrogen-bond acceptors (Lipinski definition) is 4. The summed E-state index contributed by atoms with van der Waals surface area (Å²) in [5.41, 5.74) is 0.128. The predicted molar refractivity (Wildman–Crippen MR) is 116 cm³/mol. The van der Waals surface area contributed by atoms with Crippen molar-refractivity contribution in [3.8, 4) is 0 Å². The lowest BCUT2D eigenvalue weighted by Crippen LogP contribution is -2.46. The third-order valence-electron chi connectivity index (χ3n) is 7.50. The first kappa shape index (κ1) is 21.2. The zero-order chi connectivity index (χ0) is 21.6. The first-order valence-corrected chi connectivity index (χ1v) is 12.1. The van der Waals surface area contributed by atoms with Crippen LogP contribution in [0.4, 0.5) is 0 Å². The largest absolute Gasteiger partial charge is 0.386 e. The highest BCUT2D eigenvalue weighted by Gasteiger charge is 2.65. The van der Waals surface area contributed by atoms with Crippen LogP contribution in [0.1, 0.15) is 56.4 Å². The summed E-state index contributed by atoms with van der Waals surface area (Å²) in [6, 6.07) is 17.3. The molecule has 6 heteroatoms. The fraction of sp³-hybridized carbons (Fsp3) is 0.458. The van der Waals surface area contributed by atoms with E-state index in [1.54, 1.807) is 24.3 Å². The van der Waals surface area contributed by atoms with E-state index < -0.39 is 27.6 Å². The molecule has 0 spiro atoms. The molecule has 0 aliphatic heterocycles. The lowest BCUT2D eigenvalue weighted by molar-refractivity contribution is -0.128. The lowest BCUT2D eigenvalue weighted by Gasteiger charge is -2.37. The Balaban J connectivity index is 1.65. The van der Waals surface area contributed by atoms with Crippen molar-refractivity contribution in [2.45, 2.75) is 45.3 Å². The van der Waals surface area contributed by atoms with Gasteiger partial charge in [0.1, 0.15) is 5.78 Å². The minimum absolute atomic E-state index is 0.0639. The van der Waals surface area contributed by atoms with Gasteiger partial charge in [-0.2, -0.15) is 0 Å². The van der Waals surface area contributed by atoms with Crippen LogP contribution in [0.15, 0.2) is 60.7 Å². The second-order valence-electron chi connectivity index (χ2n) is 9.29. The van der Waals surface area contributed by atoms with E-state index in [9.17, 15) is 18.3 Å². The quantitative estimate of drug-likeness (QED) is 0.704. The Morgan fingerprint density at radius 3 is 2.10 bits per heavy atom. The summed E-state index contributed by atoms with van der Waals surface area (Å²) in [4.78, 5) is 12.8. The number of carbonyl (C=O) groups is 1. The fourth-order valence-electron chi connectivity index (χ4n) is 5.49. The second kappa shape index (κ2) is 7.59. The van der Waals surface area contributed by atoms with Crippen molar-refractivity contribution in [1.82, 2.24) is 4.72 Å². The van der Waals surface area contributed by atoms with Crippen molar-refractivity contribution in [3.63, 3.8) is 0 Å². The van der Waals surface area contributed by atoms with Gasteiger partial charge in [-0.15, -0.1) is 0 Å². The Labute approximate surface area is 178 Å². The van der Waals surface area contributed by atoms with Gasteiger partial charge >= 0.3 is 0 Å². The molecule has 2 N–H and O–H groups in total. The second-order valence-corrected chi connectivity index (χ2v) is 11.0. The molecule has 0 radical (unpaired) electrons. The van der Waals surface area contributed by atoms with Crippen LogP contribution in [0.3, 0.4) is 0 Å². The molecule has 0 saturated heterocycles. The number of carbonyl (C=O) groups excluding carboxylic acids is 1. The van der Waals surface area contributed by atoms with E-state index in [-0.39, 0.29) is 22.9 Å². The molecule has 30 heavy (non-hydrogen) atoms. The number of ketones is 1. The maximum atomic E-state index is 13.3. The average molecular weight is 428 g/mol. The number of Topliss-reactive ketones (excluding diaryl/α,β-unsaturated/α-hetero) is 1. The Morgan fingerprint density at radius 1 is 1.03 bits per heavy atom. The summed E-state index contributed by atoms with van der Waals surface area (Å²) in [5.74, 6) is 0.0849. The van der Waals surface area contributed by atoms with Gasteiger partial charge in [-0.3, -0.25) is 4.79 Å². The van der Waals surface area contributed by atoms with Gasteiger partial charge in [0.05, 0.1) is 17.9 Å². The Hall–Kier alpha value is -2.02. The van der Waals surface area contributed by atoms with Crippen molar-refractivity contribution < 1.29 is 18.3 Å². The molecule has 0 unspecified atom stereocenters. The molecule has 2 fully saturated rings. The van der Waals surface area contributed by atoms with Crippen molar-refractivity contribution in [2.24, 2.45) is 16.7 Å². The van der Waals surface area contributed by atoms with Crippen LogP contribution >= 0.6 is 0 Å². The van der Waals surface area contributed by atoms with Gasteiger partial charge in [0.25, 0.3) is 0 Å². The standard InChI is InChI=1S/C24H29NO4S/c1-23(2)19-13-14-24(23,20(26)15-19)16-30(28,29)25-21(17-9-5-3-6-10-17)22(27)18-11-7-4-8-12-18/h3-12,19,21-22,25,27H,13-16H2,1-2H3/t19-,21+,22+,24-/m0/s1. The molecule has 4 atom stereocenters. The molecule has 2 aliphatic rings. The van der Waals surface area contributed by atoms with E-state index in [4.69, 9.17) is 0 Å². The Bertz CT molecular complexity index is 1020. The van der Waals surface area contributed by atoms with E-state index in [2.05, 4.69) is 4.72 Å². The number of hydrogen-bond donors (Lipinski definition) is 2. The van der Waals surface area contributed by atoms with E-state index in [1.165, 1.54) is 0 Å².